The lowest BCUT2D eigenvalue weighted by Crippen LogP contribution is -2.23. The molecule has 0 aliphatic heterocycles. The number of nitrogens with one attached hydrogen (secondary N) is 1. The molecule has 1 aromatic heterocycles. The summed E-state index contributed by atoms with van der Waals surface area (Å²) in [5.74, 6) is -0.256. The van der Waals surface area contributed by atoms with Crippen LogP contribution < -0.4 is 5.32 Å². The highest BCUT2D eigenvalue weighted by Crippen LogP contribution is 2.36. The molecule has 0 saturated carbocycles. The van der Waals surface area contributed by atoms with Crippen LogP contribution in [0.3, 0.4) is 0 Å². The Labute approximate surface area is 129 Å². The molecule has 0 spiro atoms. The molecule has 1 N–H and O–H groups in total. The zero-order chi connectivity index (χ0) is 13.8. The van der Waals surface area contributed by atoms with Crippen LogP contribution in [0, 0.1) is 5.82 Å². The fourth-order valence-electron chi connectivity index (χ4n) is 1.89. The van der Waals surface area contributed by atoms with Crippen molar-refractivity contribution in [3.05, 3.63) is 55.4 Å². The zero-order valence-electron chi connectivity index (χ0n) is 10.4. The predicted octanol–water partition coefficient (Wildman–Crippen LogP) is 5.39. The van der Waals surface area contributed by atoms with Gasteiger partial charge in [0.25, 0.3) is 0 Å². The van der Waals surface area contributed by atoms with Gasteiger partial charge in [-0.25, -0.2) is 4.39 Å². The van der Waals surface area contributed by atoms with Crippen molar-refractivity contribution in [3.63, 3.8) is 0 Å². The van der Waals surface area contributed by atoms with E-state index in [-0.39, 0.29) is 11.9 Å². The van der Waals surface area contributed by atoms with Gasteiger partial charge in [0, 0.05) is 4.88 Å². The van der Waals surface area contributed by atoms with Gasteiger partial charge in [-0.15, -0.1) is 11.3 Å². The first-order valence-electron chi connectivity index (χ1n) is 6.05. The molecule has 0 fully saturated rings. The molecular formula is C14H14BrClFNS. The standard InChI is InChI=1S/C14H14BrClFNS/c1-2-7-18-13(14-10(16)6-8-19-14)9-4-3-5-11(17)12(9)15/h3-6,8,13,18H,2,7H2,1H3. The van der Waals surface area contributed by atoms with Crippen molar-refractivity contribution in [3.8, 4) is 0 Å². The smallest absolute Gasteiger partial charge is 0.137 e. The highest BCUT2D eigenvalue weighted by atomic mass is 79.9. The van der Waals surface area contributed by atoms with E-state index in [1.807, 2.05) is 17.5 Å². The van der Waals surface area contributed by atoms with Gasteiger partial charge in [-0.3, -0.25) is 0 Å². The molecule has 0 amide bonds. The van der Waals surface area contributed by atoms with E-state index in [4.69, 9.17) is 11.6 Å². The maximum absolute atomic E-state index is 13.7. The van der Waals surface area contributed by atoms with Crippen LogP contribution in [0.15, 0.2) is 34.1 Å². The fraction of sp³-hybridized carbons (Fsp3) is 0.286. The summed E-state index contributed by atoms with van der Waals surface area (Å²) in [5.41, 5.74) is 0.873. The van der Waals surface area contributed by atoms with E-state index < -0.39 is 0 Å². The molecule has 2 rings (SSSR count). The second kappa shape index (κ2) is 6.84. The Kier molecular flexibility index (Phi) is 5.39. The Bertz CT molecular complexity index is 558. The largest absolute Gasteiger partial charge is 0.306 e. The van der Waals surface area contributed by atoms with Crippen LogP contribution in [-0.2, 0) is 0 Å². The van der Waals surface area contributed by atoms with E-state index in [1.165, 1.54) is 6.07 Å². The first-order valence-corrected chi connectivity index (χ1v) is 8.10. The lowest BCUT2D eigenvalue weighted by molar-refractivity contribution is 0.585. The number of halogens is 3. The third-order valence-corrected chi connectivity index (χ3v) is 5.06. The van der Waals surface area contributed by atoms with Gasteiger partial charge in [-0.1, -0.05) is 30.7 Å². The third kappa shape index (κ3) is 3.37. The molecule has 1 nitrogen and oxygen atoms in total. The Morgan fingerprint density at radius 3 is 2.84 bits per heavy atom. The van der Waals surface area contributed by atoms with Crippen LogP contribution in [0.25, 0.3) is 0 Å². The summed E-state index contributed by atoms with van der Waals surface area (Å²) in [5, 5.41) is 6.09. The van der Waals surface area contributed by atoms with E-state index in [1.54, 1.807) is 17.4 Å². The zero-order valence-corrected chi connectivity index (χ0v) is 13.6. The Balaban J connectivity index is 2.43. The Hall–Kier alpha value is -0.420. The molecule has 2 aromatic rings. The highest BCUT2D eigenvalue weighted by Gasteiger charge is 2.21. The van der Waals surface area contributed by atoms with Crippen LogP contribution in [0.5, 0.6) is 0 Å². The van der Waals surface area contributed by atoms with Crippen molar-refractivity contribution >= 4 is 38.9 Å². The summed E-state index contributed by atoms with van der Waals surface area (Å²) < 4.78 is 14.2. The molecule has 0 aliphatic carbocycles. The Morgan fingerprint density at radius 1 is 1.42 bits per heavy atom. The molecule has 0 bridgehead atoms. The van der Waals surface area contributed by atoms with Gasteiger partial charge in [0.2, 0.25) is 0 Å². The van der Waals surface area contributed by atoms with Gasteiger partial charge in [-0.2, -0.15) is 0 Å². The van der Waals surface area contributed by atoms with Crippen molar-refractivity contribution in [1.29, 1.82) is 0 Å². The summed E-state index contributed by atoms with van der Waals surface area (Å²) in [6.45, 7) is 2.95. The summed E-state index contributed by atoms with van der Waals surface area (Å²) >= 11 is 11.1. The third-order valence-electron chi connectivity index (χ3n) is 2.80. The summed E-state index contributed by atoms with van der Waals surface area (Å²) in [4.78, 5) is 1.02. The Morgan fingerprint density at radius 2 is 2.21 bits per heavy atom. The van der Waals surface area contributed by atoms with Crippen LogP contribution in [0.2, 0.25) is 5.02 Å². The van der Waals surface area contributed by atoms with Gasteiger partial charge in [-0.05, 0) is 52.0 Å². The first kappa shape index (κ1) is 15.0. The van der Waals surface area contributed by atoms with Gasteiger partial charge >= 0.3 is 0 Å². The van der Waals surface area contributed by atoms with Crippen LogP contribution >= 0.6 is 38.9 Å². The van der Waals surface area contributed by atoms with Gasteiger partial charge < -0.3 is 5.32 Å². The van der Waals surface area contributed by atoms with Gasteiger partial charge in [0.1, 0.15) is 5.82 Å². The number of thiophene rings is 1. The van der Waals surface area contributed by atoms with Gasteiger partial charge in [0.05, 0.1) is 15.5 Å². The second-order valence-corrected chi connectivity index (χ2v) is 6.31. The van der Waals surface area contributed by atoms with E-state index in [0.29, 0.717) is 4.47 Å². The van der Waals surface area contributed by atoms with E-state index >= 15 is 0 Å². The topological polar surface area (TPSA) is 12.0 Å². The van der Waals surface area contributed by atoms with Crippen molar-refractivity contribution in [2.45, 2.75) is 19.4 Å². The summed E-state index contributed by atoms with van der Waals surface area (Å²) in [6, 6.07) is 6.86. The fourth-order valence-corrected chi connectivity index (χ4v) is 3.64. The normalized spacial score (nSPS) is 12.6. The summed E-state index contributed by atoms with van der Waals surface area (Å²) in [6.07, 6.45) is 1.01. The van der Waals surface area contributed by atoms with E-state index in [2.05, 4.69) is 28.2 Å². The lowest BCUT2D eigenvalue weighted by atomic mass is 10.0. The minimum Gasteiger partial charge on any atom is -0.306 e. The van der Waals surface area contributed by atoms with Crippen molar-refractivity contribution in [1.82, 2.24) is 5.32 Å². The van der Waals surface area contributed by atoms with Crippen LogP contribution in [-0.4, -0.2) is 6.54 Å². The minimum atomic E-state index is -0.256. The maximum atomic E-state index is 13.7. The van der Waals surface area contributed by atoms with Crippen molar-refractivity contribution < 1.29 is 4.39 Å². The maximum Gasteiger partial charge on any atom is 0.137 e. The lowest BCUT2D eigenvalue weighted by Gasteiger charge is -2.20. The quantitative estimate of drug-likeness (QED) is 0.751. The SMILES string of the molecule is CCCNC(c1cccc(F)c1Br)c1sccc1Cl. The molecule has 0 radical (unpaired) electrons. The molecule has 1 unspecified atom stereocenters. The number of hydrogen-bond donors (Lipinski definition) is 1. The molecule has 0 saturated heterocycles. The molecule has 102 valence electrons. The number of hydrogen-bond acceptors (Lipinski definition) is 2. The first-order chi connectivity index (χ1) is 9.15. The van der Waals surface area contributed by atoms with E-state index in [0.717, 1.165) is 28.4 Å². The number of rotatable bonds is 5. The predicted molar refractivity (Wildman–Crippen MR) is 83.6 cm³/mol. The average molecular weight is 363 g/mol. The van der Waals surface area contributed by atoms with Crippen LogP contribution in [0.1, 0.15) is 29.8 Å². The second-order valence-electron chi connectivity index (χ2n) is 4.16. The molecule has 19 heavy (non-hydrogen) atoms. The van der Waals surface area contributed by atoms with Gasteiger partial charge in [0.15, 0.2) is 0 Å². The van der Waals surface area contributed by atoms with Crippen LogP contribution in [0.4, 0.5) is 4.39 Å². The molecule has 5 heteroatoms. The monoisotopic (exact) mass is 361 g/mol. The average Bonchev–Trinajstić information content (AvgIpc) is 2.81. The minimum absolute atomic E-state index is 0.0856. The number of benzene rings is 1. The molecule has 1 atom stereocenters. The molecule has 0 aliphatic rings. The van der Waals surface area contributed by atoms with Crippen molar-refractivity contribution in [2.75, 3.05) is 6.54 Å². The van der Waals surface area contributed by atoms with E-state index in [9.17, 15) is 4.39 Å². The molecular weight excluding hydrogens is 349 g/mol. The molecule has 1 aromatic carbocycles. The van der Waals surface area contributed by atoms with Crippen molar-refractivity contribution in [2.24, 2.45) is 0 Å². The molecule has 1 heterocycles. The summed E-state index contributed by atoms with van der Waals surface area (Å²) in [7, 11) is 0. The highest BCUT2D eigenvalue weighted by molar-refractivity contribution is 9.10.